The maximum Gasteiger partial charge on any atom is 0.326 e. The first-order chi connectivity index (χ1) is 13.2. The fourth-order valence-corrected chi connectivity index (χ4v) is 4.15. The first kappa shape index (κ1) is 21.9. The molecule has 8 nitrogen and oxygen atoms in total. The molecule has 0 radical (unpaired) electrons. The molecular formula is C17H18Cl2N4O4S. The molecule has 0 saturated carbocycles. The summed E-state index contributed by atoms with van der Waals surface area (Å²) in [6.45, 7) is 1.86. The van der Waals surface area contributed by atoms with Crippen LogP contribution in [0.3, 0.4) is 0 Å². The highest BCUT2D eigenvalue weighted by Gasteiger charge is 2.24. The van der Waals surface area contributed by atoms with Gasteiger partial charge in [0.2, 0.25) is 0 Å². The quantitative estimate of drug-likeness (QED) is 0.464. The number of carboxylic acid groups (broad SMARTS) is 1. The summed E-state index contributed by atoms with van der Waals surface area (Å²) in [6, 6.07) is 3.23. The molecule has 28 heavy (non-hydrogen) atoms. The number of aromatic nitrogens is 1. The van der Waals surface area contributed by atoms with Gasteiger partial charge in [0.05, 0.1) is 15.7 Å². The summed E-state index contributed by atoms with van der Waals surface area (Å²) in [5, 5.41) is 15.4. The van der Waals surface area contributed by atoms with E-state index in [-0.39, 0.29) is 17.8 Å². The van der Waals surface area contributed by atoms with Crippen LogP contribution in [0.4, 0.5) is 4.79 Å². The molecule has 1 atom stereocenters. The van der Waals surface area contributed by atoms with Gasteiger partial charge in [-0.2, -0.15) is 0 Å². The van der Waals surface area contributed by atoms with Crippen LogP contribution in [-0.4, -0.2) is 40.6 Å². The average Bonchev–Trinajstić information content (AvgIpc) is 2.98. The minimum absolute atomic E-state index is 0.127. The molecule has 1 aromatic carbocycles. The lowest BCUT2D eigenvalue weighted by Crippen LogP contribution is -2.41. The molecule has 1 unspecified atom stereocenters. The first-order valence-corrected chi connectivity index (χ1v) is 9.76. The first-order valence-electron chi connectivity index (χ1n) is 8.19. The number of carbonyl (C=O) groups excluding carboxylic acids is 2. The number of nitrogens with one attached hydrogen (secondary N) is 2. The lowest BCUT2D eigenvalue weighted by Gasteiger charge is -2.14. The topological polar surface area (TPSA) is 134 Å². The van der Waals surface area contributed by atoms with Crippen molar-refractivity contribution in [2.45, 2.75) is 25.8 Å². The molecule has 0 saturated heterocycles. The molecule has 0 aliphatic heterocycles. The van der Waals surface area contributed by atoms with Crippen molar-refractivity contribution in [2.24, 2.45) is 5.73 Å². The van der Waals surface area contributed by atoms with E-state index in [9.17, 15) is 19.5 Å². The van der Waals surface area contributed by atoms with E-state index in [1.54, 1.807) is 25.1 Å². The van der Waals surface area contributed by atoms with Crippen LogP contribution in [-0.2, 0) is 4.79 Å². The number of aryl methyl sites for hydroxylation is 1. The van der Waals surface area contributed by atoms with Gasteiger partial charge >= 0.3 is 12.0 Å². The zero-order valence-electron chi connectivity index (χ0n) is 14.8. The molecule has 1 heterocycles. The molecule has 2 rings (SSSR count). The summed E-state index contributed by atoms with van der Waals surface area (Å²) >= 11 is 13.5. The number of carboxylic acids is 1. The molecule has 0 aliphatic rings. The van der Waals surface area contributed by atoms with E-state index >= 15 is 0 Å². The molecule has 0 bridgehead atoms. The zero-order chi connectivity index (χ0) is 20.8. The van der Waals surface area contributed by atoms with Crippen molar-refractivity contribution in [1.29, 1.82) is 0 Å². The monoisotopic (exact) mass is 444 g/mol. The number of nitrogens with zero attached hydrogens (tertiary/aromatic N) is 1. The standard InChI is InChI=1S/C17H18Cl2N4O4S/c1-8-13(28-15(22-8)12-9(18)4-2-5-10(12)19)14(24)23-11(16(25)26)6-3-7-21-17(20)27/h2,4-5,11H,3,6-7H2,1H3,(H,23,24)(H,25,26)(H3,20,21,27). The lowest BCUT2D eigenvalue weighted by atomic mass is 10.1. The number of halogens is 2. The number of hydrogen-bond acceptors (Lipinski definition) is 5. The van der Waals surface area contributed by atoms with Crippen molar-refractivity contribution >= 4 is 52.4 Å². The van der Waals surface area contributed by atoms with Gasteiger partial charge in [-0.3, -0.25) is 4.79 Å². The highest BCUT2D eigenvalue weighted by Crippen LogP contribution is 2.37. The fraction of sp³-hybridized carbons (Fsp3) is 0.294. The van der Waals surface area contributed by atoms with E-state index < -0.39 is 23.9 Å². The fourth-order valence-electron chi connectivity index (χ4n) is 2.42. The number of urea groups is 1. The Bertz CT molecular complexity index is 883. The van der Waals surface area contributed by atoms with Gasteiger partial charge in [0, 0.05) is 12.1 Å². The van der Waals surface area contributed by atoms with Gasteiger partial charge in [-0.25, -0.2) is 14.6 Å². The molecule has 1 aromatic heterocycles. The van der Waals surface area contributed by atoms with Crippen LogP contribution in [0.25, 0.3) is 10.6 Å². The van der Waals surface area contributed by atoms with Crippen LogP contribution in [0.2, 0.25) is 10.0 Å². The predicted molar refractivity (Wildman–Crippen MR) is 108 cm³/mol. The third-order valence-electron chi connectivity index (χ3n) is 3.75. The Balaban J connectivity index is 2.14. The second-order valence-corrected chi connectivity index (χ2v) is 7.64. The Kier molecular flexibility index (Phi) is 7.61. The molecule has 0 aliphatic carbocycles. The molecule has 11 heteroatoms. The molecule has 150 valence electrons. The van der Waals surface area contributed by atoms with E-state index in [1.165, 1.54) is 0 Å². The van der Waals surface area contributed by atoms with Crippen molar-refractivity contribution in [3.05, 3.63) is 38.8 Å². The van der Waals surface area contributed by atoms with Crippen molar-refractivity contribution < 1.29 is 19.5 Å². The highest BCUT2D eigenvalue weighted by molar-refractivity contribution is 7.17. The summed E-state index contributed by atoms with van der Waals surface area (Å²) in [4.78, 5) is 39.3. The Hall–Kier alpha value is -2.36. The van der Waals surface area contributed by atoms with Gasteiger partial charge in [0.1, 0.15) is 15.9 Å². The van der Waals surface area contributed by atoms with Crippen molar-refractivity contribution in [3.8, 4) is 10.6 Å². The van der Waals surface area contributed by atoms with Crippen LogP contribution in [0.5, 0.6) is 0 Å². The molecular weight excluding hydrogens is 427 g/mol. The number of amides is 3. The average molecular weight is 445 g/mol. The highest BCUT2D eigenvalue weighted by atomic mass is 35.5. The van der Waals surface area contributed by atoms with Gasteiger partial charge in [0.25, 0.3) is 5.91 Å². The smallest absolute Gasteiger partial charge is 0.326 e. The number of primary amides is 1. The Morgan fingerprint density at radius 2 is 1.93 bits per heavy atom. The van der Waals surface area contributed by atoms with Gasteiger partial charge in [-0.15, -0.1) is 11.3 Å². The maximum absolute atomic E-state index is 12.6. The van der Waals surface area contributed by atoms with E-state index in [1.807, 2.05) is 0 Å². The lowest BCUT2D eigenvalue weighted by molar-refractivity contribution is -0.139. The number of thiazole rings is 1. The minimum atomic E-state index is -1.18. The van der Waals surface area contributed by atoms with Crippen molar-refractivity contribution in [3.63, 3.8) is 0 Å². The Labute approximate surface area is 175 Å². The number of nitrogens with two attached hydrogens (primary N) is 1. The van der Waals surface area contributed by atoms with E-state index in [0.29, 0.717) is 32.7 Å². The molecule has 0 spiro atoms. The molecule has 3 amide bonds. The summed E-state index contributed by atoms with van der Waals surface area (Å²) in [7, 11) is 0. The summed E-state index contributed by atoms with van der Waals surface area (Å²) in [6.07, 6.45) is 0.463. The summed E-state index contributed by atoms with van der Waals surface area (Å²) in [5.74, 6) is -1.73. The Morgan fingerprint density at radius 3 is 2.50 bits per heavy atom. The van der Waals surface area contributed by atoms with Crippen LogP contribution >= 0.6 is 34.5 Å². The van der Waals surface area contributed by atoms with Crippen LogP contribution in [0, 0.1) is 6.92 Å². The predicted octanol–water partition coefficient (Wildman–Crippen LogP) is 3.06. The van der Waals surface area contributed by atoms with E-state index in [0.717, 1.165) is 11.3 Å². The van der Waals surface area contributed by atoms with Crippen LogP contribution in [0.1, 0.15) is 28.2 Å². The van der Waals surface area contributed by atoms with E-state index in [4.69, 9.17) is 28.9 Å². The van der Waals surface area contributed by atoms with Crippen LogP contribution in [0.15, 0.2) is 18.2 Å². The van der Waals surface area contributed by atoms with E-state index in [2.05, 4.69) is 15.6 Å². The normalized spacial score (nSPS) is 11.7. The molecule has 5 N–H and O–H groups in total. The van der Waals surface area contributed by atoms with Gasteiger partial charge in [-0.05, 0) is 31.9 Å². The number of carbonyl (C=O) groups is 3. The SMILES string of the molecule is Cc1nc(-c2c(Cl)cccc2Cl)sc1C(=O)NC(CCCNC(N)=O)C(=O)O. The third-order valence-corrected chi connectivity index (χ3v) is 5.56. The molecule has 2 aromatic rings. The van der Waals surface area contributed by atoms with Gasteiger partial charge in [0.15, 0.2) is 0 Å². The maximum atomic E-state index is 12.6. The van der Waals surface area contributed by atoms with Crippen LogP contribution < -0.4 is 16.4 Å². The second kappa shape index (κ2) is 9.72. The van der Waals surface area contributed by atoms with Crippen molar-refractivity contribution in [2.75, 3.05) is 6.54 Å². The second-order valence-electron chi connectivity index (χ2n) is 5.83. The number of aliphatic carboxylic acids is 1. The van der Waals surface area contributed by atoms with Gasteiger partial charge < -0.3 is 21.5 Å². The number of hydrogen-bond donors (Lipinski definition) is 4. The van der Waals surface area contributed by atoms with Crippen molar-refractivity contribution in [1.82, 2.24) is 15.6 Å². The largest absolute Gasteiger partial charge is 0.480 e. The third kappa shape index (κ3) is 5.57. The summed E-state index contributed by atoms with van der Waals surface area (Å²) < 4.78 is 0. The zero-order valence-corrected chi connectivity index (χ0v) is 17.1. The van der Waals surface area contributed by atoms with Gasteiger partial charge in [-0.1, -0.05) is 29.3 Å². The number of rotatable bonds is 8. The Morgan fingerprint density at radius 1 is 1.29 bits per heavy atom. The minimum Gasteiger partial charge on any atom is -0.480 e. The number of benzene rings is 1. The summed E-state index contributed by atoms with van der Waals surface area (Å²) in [5.41, 5.74) is 5.91. The molecule has 0 fully saturated rings.